The number of carboxylic acids is 1. The molecule has 0 aromatic heterocycles. The summed E-state index contributed by atoms with van der Waals surface area (Å²) in [5, 5.41) is 11.5. The van der Waals surface area contributed by atoms with Crippen LogP contribution in [0, 0.1) is 17.6 Å². The smallest absolute Gasteiger partial charge is 0.306 e. The van der Waals surface area contributed by atoms with Crippen LogP contribution in [0.15, 0.2) is 42.5 Å². The second-order valence-electron chi connectivity index (χ2n) is 6.59. The molecular weight excluding hydrogens is 370 g/mol. The van der Waals surface area contributed by atoms with E-state index in [2.05, 4.69) is 5.32 Å². The van der Waals surface area contributed by atoms with Crippen molar-refractivity contribution in [1.29, 1.82) is 0 Å². The molecule has 0 unspecified atom stereocenters. The molecular formula is C20H18F2N2O4. The van der Waals surface area contributed by atoms with Crippen molar-refractivity contribution < 1.29 is 28.3 Å². The van der Waals surface area contributed by atoms with Gasteiger partial charge in [-0.3, -0.25) is 14.4 Å². The third-order valence-electron chi connectivity index (χ3n) is 4.65. The average molecular weight is 388 g/mol. The first-order chi connectivity index (χ1) is 13.3. The van der Waals surface area contributed by atoms with Gasteiger partial charge in [0.15, 0.2) is 0 Å². The number of likely N-dealkylation sites (tertiary alicyclic amines) is 1. The number of amides is 2. The molecule has 3 rings (SSSR count). The monoisotopic (exact) mass is 388 g/mol. The van der Waals surface area contributed by atoms with Crippen LogP contribution >= 0.6 is 0 Å². The molecule has 1 fully saturated rings. The van der Waals surface area contributed by atoms with E-state index in [4.69, 9.17) is 5.11 Å². The number of halogens is 2. The number of piperidine rings is 1. The fraction of sp³-hybridized carbons (Fsp3) is 0.250. The maximum absolute atomic E-state index is 13.2. The standard InChI is InChI=1S/C20H18F2N2O4/c21-15-9-14(10-16(22)11-15)18(25)23-17-3-1-12(2-4-17)19(26)24-7-5-13(6-8-24)20(27)28/h1-4,9-11,13H,5-8H2,(H,23,25)(H,27,28). The Hall–Kier alpha value is -3.29. The summed E-state index contributed by atoms with van der Waals surface area (Å²) >= 11 is 0. The van der Waals surface area contributed by atoms with Crippen LogP contribution in [-0.4, -0.2) is 40.9 Å². The minimum absolute atomic E-state index is 0.154. The van der Waals surface area contributed by atoms with E-state index in [9.17, 15) is 23.2 Å². The van der Waals surface area contributed by atoms with Crippen LogP contribution in [0.2, 0.25) is 0 Å². The van der Waals surface area contributed by atoms with E-state index in [1.165, 1.54) is 24.3 Å². The van der Waals surface area contributed by atoms with Crippen molar-refractivity contribution in [2.75, 3.05) is 18.4 Å². The topological polar surface area (TPSA) is 86.7 Å². The Morgan fingerprint density at radius 3 is 2.04 bits per heavy atom. The fourth-order valence-corrected chi connectivity index (χ4v) is 3.10. The molecule has 6 nitrogen and oxygen atoms in total. The number of anilines is 1. The van der Waals surface area contributed by atoms with E-state index in [0.29, 0.717) is 43.2 Å². The maximum Gasteiger partial charge on any atom is 0.306 e. The van der Waals surface area contributed by atoms with Crippen molar-refractivity contribution in [3.8, 4) is 0 Å². The molecule has 0 saturated carbocycles. The van der Waals surface area contributed by atoms with Crippen LogP contribution in [0.1, 0.15) is 33.6 Å². The van der Waals surface area contributed by atoms with Gasteiger partial charge >= 0.3 is 5.97 Å². The van der Waals surface area contributed by atoms with E-state index in [-0.39, 0.29) is 11.5 Å². The lowest BCUT2D eigenvalue weighted by atomic mass is 9.96. The Labute approximate surface area is 159 Å². The molecule has 1 aliphatic rings. The largest absolute Gasteiger partial charge is 0.481 e. The summed E-state index contributed by atoms with van der Waals surface area (Å²) < 4.78 is 26.4. The predicted molar refractivity (Wildman–Crippen MR) is 97.0 cm³/mol. The normalized spacial score (nSPS) is 14.6. The zero-order valence-electron chi connectivity index (χ0n) is 14.8. The SMILES string of the molecule is O=C(Nc1ccc(C(=O)N2CCC(C(=O)O)CC2)cc1)c1cc(F)cc(F)c1. The van der Waals surface area contributed by atoms with E-state index in [0.717, 1.165) is 12.1 Å². The number of hydrogen-bond acceptors (Lipinski definition) is 3. The van der Waals surface area contributed by atoms with Crippen LogP contribution in [-0.2, 0) is 4.79 Å². The van der Waals surface area contributed by atoms with Gasteiger partial charge in [-0.15, -0.1) is 0 Å². The molecule has 146 valence electrons. The molecule has 0 bridgehead atoms. The number of aliphatic carboxylic acids is 1. The number of rotatable bonds is 4. The van der Waals surface area contributed by atoms with Crippen molar-refractivity contribution >= 4 is 23.5 Å². The Morgan fingerprint density at radius 2 is 1.50 bits per heavy atom. The van der Waals surface area contributed by atoms with E-state index < -0.39 is 29.4 Å². The molecule has 0 radical (unpaired) electrons. The second-order valence-corrected chi connectivity index (χ2v) is 6.59. The van der Waals surface area contributed by atoms with E-state index in [1.807, 2.05) is 0 Å². The number of carboxylic acid groups (broad SMARTS) is 1. The highest BCUT2D eigenvalue weighted by Gasteiger charge is 2.27. The first-order valence-corrected chi connectivity index (χ1v) is 8.73. The maximum atomic E-state index is 13.2. The second kappa shape index (κ2) is 8.16. The predicted octanol–water partition coefficient (Wildman–Crippen LogP) is 3.15. The Kier molecular flexibility index (Phi) is 5.67. The summed E-state index contributed by atoms with van der Waals surface area (Å²) in [5.74, 6) is -3.85. The number of benzene rings is 2. The van der Waals surface area contributed by atoms with Crippen LogP contribution < -0.4 is 5.32 Å². The number of carbonyl (C=O) groups is 3. The number of carbonyl (C=O) groups excluding carboxylic acids is 2. The van der Waals surface area contributed by atoms with Gasteiger partial charge in [0.2, 0.25) is 0 Å². The third kappa shape index (κ3) is 4.51. The van der Waals surface area contributed by atoms with Gasteiger partial charge < -0.3 is 15.3 Å². The summed E-state index contributed by atoms with van der Waals surface area (Å²) in [5.41, 5.74) is 0.623. The summed E-state index contributed by atoms with van der Waals surface area (Å²) in [7, 11) is 0. The molecule has 8 heteroatoms. The molecule has 1 heterocycles. The van der Waals surface area contributed by atoms with Crippen LogP contribution in [0.25, 0.3) is 0 Å². The zero-order valence-corrected chi connectivity index (χ0v) is 14.8. The van der Waals surface area contributed by atoms with E-state index >= 15 is 0 Å². The number of nitrogens with one attached hydrogen (secondary N) is 1. The average Bonchev–Trinajstić information content (AvgIpc) is 2.67. The lowest BCUT2D eigenvalue weighted by Crippen LogP contribution is -2.40. The van der Waals surface area contributed by atoms with Crippen molar-refractivity contribution in [3.63, 3.8) is 0 Å². The highest BCUT2D eigenvalue weighted by Crippen LogP contribution is 2.20. The Balaban J connectivity index is 1.62. The first-order valence-electron chi connectivity index (χ1n) is 8.73. The van der Waals surface area contributed by atoms with Gasteiger partial charge in [-0.1, -0.05) is 0 Å². The van der Waals surface area contributed by atoms with E-state index in [1.54, 1.807) is 4.90 Å². The summed E-state index contributed by atoms with van der Waals surface area (Å²) in [4.78, 5) is 37.2. The molecule has 2 N–H and O–H groups in total. The Morgan fingerprint density at radius 1 is 0.929 bits per heavy atom. The molecule has 0 atom stereocenters. The van der Waals surface area contributed by atoms with Gasteiger partial charge in [-0.25, -0.2) is 8.78 Å². The highest BCUT2D eigenvalue weighted by atomic mass is 19.1. The van der Waals surface area contributed by atoms with Gasteiger partial charge in [0, 0.05) is 36.0 Å². The minimum Gasteiger partial charge on any atom is -0.481 e. The highest BCUT2D eigenvalue weighted by molar-refractivity contribution is 6.04. The van der Waals surface area contributed by atoms with Crippen molar-refractivity contribution in [2.24, 2.45) is 5.92 Å². The third-order valence-corrected chi connectivity index (χ3v) is 4.65. The molecule has 0 aliphatic carbocycles. The summed E-state index contributed by atoms with van der Waals surface area (Å²) in [6.45, 7) is 0.749. The first kappa shape index (κ1) is 19.5. The van der Waals surface area contributed by atoms with Crippen LogP contribution in [0.3, 0.4) is 0 Å². The van der Waals surface area contributed by atoms with Gasteiger partial charge in [-0.2, -0.15) is 0 Å². The van der Waals surface area contributed by atoms with Gasteiger partial charge in [0.05, 0.1) is 5.92 Å². The number of nitrogens with zero attached hydrogens (tertiary/aromatic N) is 1. The quantitative estimate of drug-likeness (QED) is 0.842. The van der Waals surface area contributed by atoms with Crippen LogP contribution in [0.4, 0.5) is 14.5 Å². The molecule has 28 heavy (non-hydrogen) atoms. The molecule has 1 aliphatic heterocycles. The molecule has 2 aromatic rings. The van der Waals surface area contributed by atoms with Gasteiger partial charge in [-0.05, 0) is 49.2 Å². The lowest BCUT2D eigenvalue weighted by Gasteiger charge is -2.30. The summed E-state index contributed by atoms with van der Waals surface area (Å²) in [6.07, 6.45) is 0.832. The minimum atomic E-state index is -0.849. The Bertz CT molecular complexity index is 887. The van der Waals surface area contributed by atoms with Crippen molar-refractivity contribution in [2.45, 2.75) is 12.8 Å². The number of hydrogen-bond donors (Lipinski definition) is 2. The molecule has 0 spiro atoms. The fourth-order valence-electron chi connectivity index (χ4n) is 3.10. The lowest BCUT2D eigenvalue weighted by molar-refractivity contribution is -0.143. The van der Waals surface area contributed by atoms with Crippen molar-refractivity contribution in [1.82, 2.24) is 4.90 Å². The zero-order chi connectivity index (χ0) is 20.3. The van der Waals surface area contributed by atoms with Gasteiger partial charge in [0.25, 0.3) is 11.8 Å². The molecule has 2 amide bonds. The molecule has 2 aromatic carbocycles. The molecule has 1 saturated heterocycles. The summed E-state index contributed by atoms with van der Waals surface area (Å²) in [6, 6.07) is 8.64. The van der Waals surface area contributed by atoms with Crippen LogP contribution in [0.5, 0.6) is 0 Å². The van der Waals surface area contributed by atoms with Gasteiger partial charge in [0.1, 0.15) is 11.6 Å². The van der Waals surface area contributed by atoms with Crippen molar-refractivity contribution in [3.05, 3.63) is 65.2 Å².